The third-order valence-electron chi connectivity index (χ3n) is 4.18. The van der Waals surface area contributed by atoms with E-state index in [9.17, 15) is 0 Å². The molecule has 3 heteroatoms. The largest absolute Gasteiger partial charge is 0.490 e. The summed E-state index contributed by atoms with van der Waals surface area (Å²) in [5.74, 6) is 2.52. The minimum atomic E-state index is 0.428. The fourth-order valence-corrected chi connectivity index (χ4v) is 3.18. The summed E-state index contributed by atoms with van der Waals surface area (Å²) in [6.45, 7) is 10.9. The molecule has 0 saturated heterocycles. The van der Waals surface area contributed by atoms with Crippen LogP contribution >= 0.6 is 0 Å². The van der Waals surface area contributed by atoms with Crippen molar-refractivity contribution in [1.29, 1.82) is 0 Å². The fourth-order valence-electron chi connectivity index (χ4n) is 3.18. The second-order valence-electron chi connectivity index (χ2n) is 5.85. The summed E-state index contributed by atoms with van der Waals surface area (Å²) >= 11 is 0. The molecular weight excluding hydrogens is 262 g/mol. The zero-order chi connectivity index (χ0) is 15.2. The third-order valence-corrected chi connectivity index (χ3v) is 4.18. The quantitative estimate of drug-likeness (QED) is 0.800. The van der Waals surface area contributed by atoms with Crippen LogP contribution in [0.2, 0.25) is 0 Å². The summed E-state index contributed by atoms with van der Waals surface area (Å²) in [7, 11) is 0. The molecular formula is C18H29NO2. The molecule has 21 heavy (non-hydrogen) atoms. The van der Waals surface area contributed by atoms with E-state index in [2.05, 4.69) is 31.3 Å². The molecule has 0 saturated carbocycles. The van der Waals surface area contributed by atoms with Crippen LogP contribution in [0.4, 0.5) is 0 Å². The fraction of sp³-hybridized carbons (Fsp3) is 0.667. The second kappa shape index (κ2) is 7.69. The number of nitrogens with one attached hydrogen (secondary N) is 1. The average molecular weight is 291 g/mol. The van der Waals surface area contributed by atoms with Crippen LogP contribution in [0.15, 0.2) is 12.1 Å². The van der Waals surface area contributed by atoms with E-state index >= 15 is 0 Å². The summed E-state index contributed by atoms with van der Waals surface area (Å²) in [6.07, 6.45) is 3.57. The highest BCUT2D eigenvalue weighted by molar-refractivity contribution is 5.49. The van der Waals surface area contributed by atoms with Gasteiger partial charge in [0.15, 0.2) is 11.5 Å². The van der Waals surface area contributed by atoms with Gasteiger partial charge in [-0.15, -0.1) is 0 Å². The van der Waals surface area contributed by atoms with E-state index in [4.69, 9.17) is 9.47 Å². The maximum Gasteiger partial charge on any atom is 0.161 e. The highest BCUT2D eigenvalue weighted by Gasteiger charge is 2.24. The first-order chi connectivity index (χ1) is 10.2. The summed E-state index contributed by atoms with van der Waals surface area (Å²) in [5.41, 5.74) is 2.81. The molecule has 0 spiro atoms. The molecule has 0 aliphatic heterocycles. The molecule has 2 rings (SSSR count). The summed E-state index contributed by atoms with van der Waals surface area (Å²) < 4.78 is 11.6. The molecule has 1 aliphatic carbocycles. The van der Waals surface area contributed by atoms with Crippen molar-refractivity contribution in [1.82, 2.24) is 5.32 Å². The molecule has 0 heterocycles. The normalized spacial score (nSPS) is 21.5. The van der Waals surface area contributed by atoms with Crippen molar-refractivity contribution in [3.63, 3.8) is 0 Å². The van der Waals surface area contributed by atoms with E-state index in [1.54, 1.807) is 0 Å². The molecule has 0 radical (unpaired) electrons. The van der Waals surface area contributed by atoms with E-state index in [1.165, 1.54) is 24.0 Å². The van der Waals surface area contributed by atoms with Gasteiger partial charge < -0.3 is 14.8 Å². The molecule has 1 aromatic rings. The molecule has 0 bridgehead atoms. The first-order valence-corrected chi connectivity index (χ1v) is 8.35. The van der Waals surface area contributed by atoms with Gasteiger partial charge in [0.1, 0.15) is 0 Å². The number of hydrogen-bond donors (Lipinski definition) is 1. The molecule has 3 nitrogen and oxygen atoms in total. The Morgan fingerprint density at radius 3 is 2.38 bits per heavy atom. The number of fused-ring (bicyclic) bond motifs is 1. The predicted molar refractivity (Wildman–Crippen MR) is 87.3 cm³/mol. The van der Waals surface area contributed by atoms with Gasteiger partial charge >= 0.3 is 0 Å². The predicted octanol–water partition coefficient (Wildman–Crippen LogP) is 4.11. The van der Waals surface area contributed by atoms with Crippen LogP contribution in [0.25, 0.3) is 0 Å². The summed E-state index contributed by atoms with van der Waals surface area (Å²) in [5, 5.41) is 3.64. The molecule has 0 amide bonds. The van der Waals surface area contributed by atoms with Crippen LogP contribution in [0.5, 0.6) is 11.5 Å². The van der Waals surface area contributed by atoms with E-state index in [0.29, 0.717) is 19.3 Å². The Kier molecular flexibility index (Phi) is 5.92. The molecule has 118 valence electrons. The van der Waals surface area contributed by atoms with Crippen molar-refractivity contribution in [3.05, 3.63) is 23.3 Å². The zero-order valence-electron chi connectivity index (χ0n) is 13.9. The topological polar surface area (TPSA) is 30.5 Å². The van der Waals surface area contributed by atoms with Crippen molar-refractivity contribution in [2.45, 2.75) is 53.0 Å². The first kappa shape index (κ1) is 16.2. The molecule has 2 unspecified atom stereocenters. The number of rotatable bonds is 6. The van der Waals surface area contributed by atoms with E-state index < -0.39 is 0 Å². The lowest BCUT2D eigenvalue weighted by atomic mass is 9.96. The molecule has 0 aromatic heterocycles. The van der Waals surface area contributed by atoms with Crippen LogP contribution in [0.1, 0.15) is 57.7 Å². The van der Waals surface area contributed by atoms with Crippen molar-refractivity contribution >= 4 is 0 Å². The van der Waals surface area contributed by atoms with Crippen molar-refractivity contribution < 1.29 is 9.47 Å². The van der Waals surface area contributed by atoms with Crippen LogP contribution in [-0.4, -0.2) is 19.8 Å². The van der Waals surface area contributed by atoms with Gasteiger partial charge in [-0.3, -0.25) is 0 Å². The smallest absolute Gasteiger partial charge is 0.161 e. The minimum Gasteiger partial charge on any atom is -0.490 e. The number of benzene rings is 1. The Hall–Kier alpha value is -1.22. The third kappa shape index (κ3) is 3.91. The monoisotopic (exact) mass is 291 g/mol. The lowest BCUT2D eigenvalue weighted by Gasteiger charge is -2.22. The van der Waals surface area contributed by atoms with E-state index in [0.717, 1.165) is 30.4 Å². The second-order valence-corrected chi connectivity index (χ2v) is 5.85. The van der Waals surface area contributed by atoms with Gasteiger partial charge in [0.05, 0.1) is 13.2 Å². The lowest BCUT2D eigenvalue weighted by Crippen LogP contribution is -2.22. The molecule has 2 atom stereocenters. The van der Waals surface area contributed by atoms with Gasteiger partial charge in [-0.1, -0.05) is 13.8 Å². The highest BCUT2D eigenvalue weighted by Crippen LogP contribution is 2.39. The van der Waals surface area contributed by atoms with Crippen LogP contribution < -0.4 is 14.8 Å². The average Bonchev–Trinajstić information content (AvgIpc) is 2.60. The number of hydrogen-bond acceptors (Lipinski definition) is 3. The Morgan fingerprint density at radius 1 is 1.10 bits per heavy atom. The Bertz CT molecular complexity index is 459. The van der Waals surface area contributed by atoms with Gasteiger partial charge in [0.25, 0.3) is 0 Å². The van der Waals surface area contributed by atoms with E-state index in [1.807, 2.05) is 13.8 Å². The molecule has 1 N–H and O–H groups in total. The summed E-state index contributed by atoms with van der Waals surface area (Å²) in [4.78, 5) is 0. The molecule has 1 aromatic carbocycles. The Balaban J connectivity index is 2.41. The van der Waals surface area contributed by atoms with Gasteiger partial charge in [-0.05, 0) is 68.8 Å². The maximum atomic E-state index is 5.80. The first-order valence-electron chi connectivity index (χ1n) is 8.35. The van der Waals surface area contributed by atoms with Crippen molar-refractivity contribution in [3.8, 4) is 11.5 Å². The SMILES string of the molecule is CCNC1CC(C)CCc2cc(OCC)c(OCC)cc21. The number of ether oxygens (including phenoxy) is 2. The standard InChI is InChI=1S/C18H29NO2/c1-5-19-16-10-13(4)8-9-14-11-17(20-6-2)18(21-7-3)12-15(14)16/h11-13,16,19H,5-10H2,1-4H3. The number of aryl methyl sites for hydroxylation is 1. The van der Waals surface area contributed by atoms with Crippen LogP contribution in [-0.2, 0) is 6.42 Å². The Morgan fingerprint density at radius 2 is 1.76 bits per heavy atom. The lowest BCUT2D eigenvalue weighted by molar-refractivity contribution is 0.286. The van der Waals surface area contributed by atoms with Crippen molar-refractivity contribution in [2.24, 2.45) is 5.92 Å². The van der Waals surface area contributed by atoms with Gasteiger partial charge in [0, 0.05) is 6.04 Å². The van der Waals surface area contributed by atoms with Crippen LogP contribution in [0, 0.1) is 5.92 Å². The molecule has 1 aliphatic rings. The summed E-state index contributed by atoms with van der Waals surface area (Å²) in [6, 6.07) is 4.83. The van der Waals surface area contributed by atoms with Crippen molar-refractivity contribution in [2.75, 3.05) is 19.8 Å². The van der Waals surface area contributed by atoms with Gasteiger partial charge in [0.2, 0.25) is 0 Å². The van der Waals surface area contributed by atoms with E-state index in [-0.39, 0.29) is 0 Å². The zero-order valence-corrected chi connectivity index (χ0v) is 13.9. The molecule has 0 fully saturated rings. The van der Waals surface area contributed by atoms with Gasteiger partial charge in [-0.2, -0.15) is 0 Å². The highest BCUT2D eigenvalue weighted by atomic mass is 16.5. The van der Waals surface area contributed by atoms with Crippen LogP contribution in [0.3, 0.4) is 0 Å². The minimum absolute atomic E-state index is 0.428. The van der Waals surface area contributed by atoms with Gasteiger partial charge in [-0.25, -0.2) is 0 Å². The maximum absolute atomic E-state index is 5.80. The Labute approximate surface area is 129 Å².